The van der Waals surface area contributed by atoms with Crippen molar-refractivity contribution < 1.29 is 9.53 Å². The molecule has 1 fully saturated rings. The molecule has 1 aromatic heterocycles. The number of nitrogens with zero attached hydrogens (tertiary/aromatic N) is 4. The average Bonchev–Trinajstić information content (AvgIpc) is 3.30. The molecule has 0 bridgehead atoms. The van der Waals surface area contributed by atoms with Crippen LogP contribution in [0.5, 0.6) is 0 Å². The monoisotopic (exact) mass is 440 g/mol. The highest BCUT2D eigenvalue weighted by atomic mass is 16.6. The Hall–Kier alpha value is -3.03. The molecule has 3 rings (SSSR count). The number of carbonyl (C=O) groups is 1. The molecule has 8 heteroatoms. The molecule has 0 saturated carbocycles. The van der Waals surface area contributed by atoms with Gasteiger partial charge in [0.1, 0.15) is 5.60 Å². The lowest BCUT2D eigenvalue weighted by molar-refractivity contribution is 0.0168. The van der Waals surface area contributed by atoms with Crippen molar-refractivity contribution in [2.24, 2.45) is 10.9 Å². The quantitative estimate of drug-likeness (QED) is 0.532. The first-order valence-corrected chi connectivity index (χ1v) is 11.4. The fourth-order valence-corrected chi connectivity index (χ4v) is 3.75. The predicted molar refractivity (Wildman–Crippen MR) is 127 cm³/mol. The number of benzene rings is 1. The summed E-state index contributed by atoms with van der Waals surface area (Å²) in [5.41, 5.74) is 1.84. The van der Waals surface area contributed by atoms with Gasteiger partial charge in [0.05, 0.1) is 5.69 Å². The fraction of sp³-hybridized carbons (Fsp3) is 0.542. The van der Waals surface area contributed by atoms with Crippen LogP contribution in [0.4, 0.5) is 4.79 Å². The van der Waals surface area contributed by atoms with Gasteiger partial charge in [-0.2, -0.15) is 5.10 Å². The number of aromatic nitrogens is 2. The molecule has 1 amide bonds. The normalized spacial score (nSPS) is 17.2. The zero-order chi connectivity index (χ0) is 23.0. The van der Waals surface area contributed by atoms with Gasteiger partial charge in [-0.3, -0.25) is 4.99 Å². The number of hydrogen-bond donors (Lipinski definition) is 2. The number of piperidine rings is 1. The van der Waals surface area contributed by atoms with Crippen LogP contribution in [0.25, 0.3) is 5.69 Å². The maximum Gasteiger partial charge on any atom is 0.410 e. The van der Waals surface area contributed by atoms with Gasteiger partial charge in [0.15, 0.2) is 5.96 Å². The van der Waals surface area contributed by atoms with Crippen LogP contribution < -0.4 is 10.6 Å². The standard InChI is InChI=1S/C24H36N6O2/c1-24(2,3)32-23(31)29-15-5-7-20(18-29)17-27-22(25-4)26-14-12-19-8-10-21(11-9-19)30-16-6-13-28-30/h6,8-11,13,16,20H,5,7,12,14-15,17-18H2,1-4H3,(H2,25,26,27). The lowest BCUT2D eigenvalue weighted by Crippen LogP contribution is -2.47. The van der Waals surface area contributed by atoms with E-state index in [-0.39, 0.29) is 6.09 Å². The topological polar surface area (TPSA) is 83.8 Å². The highest BCUT2D eigenvalue weighted by Gasteiger charge is 2.27. The summed E-state index contributed by atoms with van der Waals surface area (Å²) in [5.74, 6) is 1.16. The highest BCUT2D eigenvalue weighted by molar-refractivity contribution is 5.79. The Morgan fingerprint density at radius 2 is 2.03 bits per heavy atom. The predicted octanol–water partition coefficient (Wildman–Crippen LogP) is 3.23. The van der Waals surface area contributed by atoms with E-state index in [9.17, 15) is 4.79 Å². The maximum atomic E-state index is 12.4. The van der Waals surface area contributed by atoms with Crippen molar-refractivity contribution in [1.82, 2.24) is 25.3 Å². The maximum absolute atomic E-state index is 12.4. The van der Waals surface area contributed by atoms with Crippen LogP contribution in [-0.2, 0) is 11.2 Å². The van der Waals surface area contributed by atoms with Gasteiger partial charge in [0.25, 0.3) is 0 Å². The lowest BCUT2D eigenvalue weighted by Gasteiger charge is -2.34. The van der Waals surface area contributed by atoms with Gasteiger partial charge in [0, 0.05) is 45.6 Å². The molecule has 1 saturated heterocycles. The molecule has 0 aliphatic carbocycles. The van der Waals surface area contributed by atoms with Gasteiger partial charge >= 0.3 is 6.09 Å². The molecule has 1 aliphatic heterocycles. The Bertz CT molecular complexity index is 871. The van der Waals surface area contributed by atoms with Crippen LogP contribution in [0.15, 0.2) is 47.7 Å². The van der Waals surface area contributed by atoms with E-state index in [4.69, 9.17) is 4.74 Å². The van der Waals surface area contributed by atoms with Gasteiger partial charge < -0.3 is 20.3 Å². The van der Waals surface area contributed by atoms with Crippen molar-refractivity contribution in [2.45, 2.75) is 45.6 Å². The number of rotatable bonds is 6. The van der Waals surface area contributed by atoms with E-state index in [0.29, 0.717) is 12.5 Å². The zero-order valence-electron chi connectivity index (χ0n) is 19.7. The average molecular weight is 441 g/mol. The third-order valence-electron chi connectivity index (χ3n) is 5.36. The van der Waals surface area contributed by atoms with Crippen LogP contribution in [0.3, 0.4) is 0 Å². The Morgan fingerprint density at radius 1 is 1.25 bits per heavy atom. The summed E-state index contributed by atoms with van der Waals surface area (Å²) >= 11 is 0. The zero-order valence-corrected chi connectivity index (χ0v) is 19.7. The second-order valence-corrected chi connectivity index (χ2v) is 9.18. The molecule has 174 valence electrons. The molecule has 32 heavy (non-hydrogen) atoms. The van der Waals surface area contributed by atoms with Crippen LogP contribution in [-0.4, -0.2) is 65.6 Å². The van der Waals surface area contributed by atoms with Crippen molar-refractivity contribution in [2.75, 3.05) is 33.2 Å². The summed E-state index contributed by atoms with van der Waals surface area (Å²) in [6.07, 6.45) is 6.47. The third kappa shape index (κ3) is 7.28. The molecule has 1 unspecified atom stereocenters. The molecule has 8 nitrogen and oxygen atoms in total. The first-order valence-electron chi connectivity index (χ1n) is 11.4. The van der Waals surface area contributed by atoms with E-state index in [2.05, 4.69) is 45.0 Å². The van der Waals surface area contributed by atoms with Gasteiger partial charge in [-0.1, -0.05) is 12.1 Å². The molecule has 1 aliphatic rings. The van der Waals surface area contributed by atoms with Crippen molar-refractivity contribution in [3.63, 3.8) is 0 Å². The van der Waals surface area contributed by atoms with Gasteiger partial charge in [0.2, 0.25) is 0 Å². The molecule has 2 aromatic rings. The Balaban J connectivity index is 1.39. The number of guanidine groups is 1. The van der Waals surface area contributed by atoms with Gasteiger partial charge in [-0.25, -0.2) is 9.48 Å². The summed E-state index contributed by atoms with van der Waals surface area (Å²) in [4.78, 5) is 18.5. The minimum atomic E-state index is -0.465. The molecule has 2 N–H and O–H groups in total. The second kappa shape index (κ2) is 11.0. The van der Waals surface area contributed by atoms with Crippen molar-refractivity contribution in [1.29, 1.82) is 0 Å². The smallest absolute Gasteiger partial charge is 0.410 e. The van der Waals surface area contributed by atoms with E-state index in [0.717, 1.165) is 50.5 Å². The fourth-order valence-electron chi connectivity index (χ4n) is 3.75. The molecule has 1 aromatic carbocycles. The van der Waals surface area contributed by atoms with Crippen molar-refractivity contribution >= 4 is 12.1 Å². The first kappa shape index (κ1) is 23.6. The summed E-state index contributed by atoms with van der Waals surface area (Å²) in [6, 6.07) is 10.3. The molecular weight excluding hydrogens is 404 g/mol. The first-order chi connectivity index (χ1) is 15.3. The second-order valence-electron chi connectivity index (χ2n) is 9.18. The van der Waals surface area contributed by atoms with Gasteiger partial charge in [-0.05, 0) is 69.7 Å². The van der Waals surface area contributed by atoms with E-state index in [1.807, 2.05) is 42.6 Å². The minimum absolute atomic E-state index is 0.219. The molecule has 1 atom stereocenters. The largest absolute Gasteiger partial charge is 0.444 e. The highest BCUT2D eigenvalue weighted by Crippen LogP contribution is 2.19. The van der Waals surface area contributed by atoms with Gasteiger partial charge in [-0.15, -0.1) is 0 Å². The van der Waals surface area contributed by atoms with Crippen molar-refractivity contribution in [3.05, 3.63) is 48.3 Å². The summed E-state index contributed by atoms with van der Waals surface area (Å²) in [7, 11) is 1.78. The molecule has 0 spiro atoms. The number of hydrogen-bond acceptors (Lipinski definition) is 4. The number of amides is 1. The molecule has 2 heterocycles. The van der Waals surface area contributed by atoms with Crippen LogP contribution in [0.1, 0.15) is 39.2 Å². The summed E-state index contributed by atoms with van der Waals surface area (Å²) < 4.78 is 7.37. The van der Waals surface area contributed by atoms with Crippen LogP contribution in [0.2, 0.25) is 0 Å². The van der Waals surface area contributed by atoms with E-state index in [1.165, 1.54) is 5.56 Å². The Labute approximate surface area is 191 Å². The third-order valence-corrected chi connectivity index (χ3v) is 5.36. The number of nitrogens with one attached hydrogen (secondary N) is 2. The summed E-state index contributed by atoms with van der Waals surface area (Å²) in [6.45, 7) is 8.73. The Morgan fingerprint density at radius 3 is 2.69 bits per heavy atom. The minimum Gasteiger partial charge on any atom is -0.444 e. The van der Waals surface area contributed by atoms with E-state index in [1.54, 1.807) is 13.2 Å². The van der Waals surface area contributed by atoms with E-state index < -0.39 is 5.60 Å². The number of likely N-dealkylation sites (tertiary alicyclic amines) is 1. The van der Waals surface area contributed by atoms with Crippen molar-refractivity contribution in [3.8, 4) is 5.69 Å². The number of aliphatic imine (C=N–C) groups is 1. The Kier molecular flexibility index (Phi) is 8.14. The molecular formula is C24H36N6O2. The number of carbonyl (C=O) groups excluding carboxylic acids is 1. The van der Waals surface area contributed by atoms with Crippen LogP contribution in [0, 0.1) is 5.92 Å². The summed E-state index contributed by atoms with van der Waals surface area (Å²) in [5, 5.41) is 11.0. The lowest BCUT2D eigenvalue weighted by atomic mass is 9.98. The molecule has 0 radical (unpaired) electrons. The number of ether oxygens (including phenoxy) is 1. The van der Waals surface area contributed by atoms with E-state index >= 15 is 0 Å². The van der Waals surface area contributed by atoms with Crippen LogP contribution >= 0.6 is 0 Å². The SMILES string of the molecule is CN=C(NCCc1ccc(-n2cccn2)cc1)NCC1CCCN(C(=O)OC(C)(C)C)C1.